The summed E-state index contributed by atoms with van der Waals surface area (Å²) in [6, 6.07) is 24.5. The molecule has 43 heavy (non-hydrogen) atoms. The molecule has 0 radical (unpaired) electrons. The van der Waals surface area contributed by atoms with E-state index in [1.807, 2.05) is 48.5 Å². The van der Waals surface area contributed by atoms with E-state index in [1.165, 1.54) is 6.20 Å². The lowest BCUT2D eigenvalue weighted by Crippen LogP contribution is -2.49. The fraction of sp³-hybridized carbons (Fsp3) is 0.257. The number of fused-ring (bicyclic) bond motifs is 2. The SMILES string of the molecule is CC(=O)CCCCC[C@H](NC(=O)C(=O)c1c[nH]c2ccccc12)C(=O)NCCc1c(-c2ccccc2)[nH]c2ccccc12. The average Bonchev–Trinajstić information content (AvgIpc) is 3.62. The Labute approximate surface area is 250 Å². The number of rotatable bonds is 14. The summed E-state index contributed by atoms with van der Waals surface area (Å²) < 4.78 is 0. The van der Waals surface area contributed by atoms with Crippen LogP contribution in [0.25, 0.3) is 33.1 Å². The number of H-pyrrole nitrogens is 2. The molecule has 0 aliphatic carbocycles. The summed E-state index contributed by atoms with van der Waals surface area (Å²) in [6.45, 7) is 1.91. The van der Waals surface area contributed by atoms with E-state index < -0.39 is 17.7 Å². The first-order valence-corrected chi connectivity index (χ1v) is 14.8. The van der Waals surface area contributed by atoms with Gasteiger partial charge in [0.15, 0.2) is 0 Å². The van der Waals surface area contributed by atoms with Crippen LogP contribution in [0.3, 0.4) is 0 Å². The quantitative estimate of drug-likeness (QED) is 0.0748. The second kappa shape index (κ2) is 13.8. The number of hydrogen-bond donors (Lipinski definition) is 4. The molecule has 8 heteroatoms. The molecule has 2 aromatic heterocycles. The van der Waals surface area contributed by atoms with Crippen molar-refractivity contribution < 1.29 is 19.2 Å². The van der Waals surface area contributed by atoms with Crippen LogP contribution < -0.4 is 10.6 Å². The normalized spacial score (nSPS) is 11.8. The van der Waals surface area contributed by atoms with Gasteiger partial charge in [-0.1, -0.05) is 79.6 Å². The molecule has 5 aromatic rings. The number of ketones is 2. The minimum Gasteiger partial charge on any atom is -0.360 e. The number of carbonyl (C=O) groups is 4. The number of benzene rings is 3. The number of nitrogens with one attached hydrogen (secondary N) is 4. The van der Waals surface area contributed by atoms with Crippen LogP contribution in [-0.4, -0.2) is 45.9 Å². The van der Waals surface area contributed by atoms with E-state index in [0.29, 0.717) is 44.0 Å². The number of para-hydroxylation sites is 2. The Morgan fingerprint density at radius 1 is 0.791 bits per heavy atom. The van der Waals surface area contributed by atoms with Crippen LogP contribution in [0.4, 0.5) is 0 Å². The van der Waals surface area contributed by atoms with E-state index >= 15 is 0 Å². The molecule has 0 bridgehead atoms. The van der Waals surface area contributed by atoms with E-state index in [2.05, 4.69) is 38.8 Å². The van der Waals surface area contributed by atoms with Crippen molar-refractivity contribution in [2.24, 2.45) is 0 Å². The predicted octanol–water partition coefficient (Wildman–Crippen LogP) is 5.88. The van der Waals surface area contributed by atoms with Crippen molar-refractivity contribution in [3.05, 3.63) is 96.2 Å². The molecule has 4 N–H and O–H groups in total. The maximum Gasteiger partial charge on any atom is 0.293 e. The molecule has 0 aliphatic rings. The van der Waals surface area contributed by atoms with Gasteiger partial charge >= 0.3 is 0 Å². The second-order valence-corrected chi connectivity index (χ2v) is 10.8. The van der Waals surface area contributed by atoms with Gasteiger partial charge in [0.1, 0.15) is 11.8 Å². The summed E-state index contributed by atoms with van der Waals surface area (Å²) in [5.74, 6) is -1.73. The Morgan fingerprint density at radius 2 is 1.49 bits per heavy atom. The van der Waals surface area contributed by atoms with Gasteiger partial charge < -0.3 is 25.4 Å². The number of Topliss-reactive ketones (excluding diaryl/α,β-unsaturated/α-hetero) is 2. The van der Waals surface area contributed by atoms with Crippen LogP contribution in [0.1, 0.15) is 54.9 Å². The third kappa shape index (κ3) is 7.09. The van der Waals surface area contributed by atoms with Gasteiger partial charge in [0.05, 0.1) is 5.56 Å². The monoisotopic (exact) mass is 576 g/mol. The smallest absolute Gasteiger partial charge is 0.293 e. The van der Waals surface area contributed by atoms with E-state index in [9.17, 15) is 19.2 Å². The summed E-state index contributed by atoms with van der Waals surface area (Å²) in [7, 11) is 0. The highest BCUT2D eigenvalue weighted by Gasteiger charge is 2.26. The van der Waals surface area contributed by atoms with Gasteiger partial charge in [-0.15, -0.1) is 0 Å². The van der Waals surface area contributed by atoms with Gasteiger partial charge in [-0.3, -0.25) is 14.4 Å². The highest BCUT2D eigenvalue weighted by Crippen LogP contribution is 2.30. The first kappa shape index (κ1) is 29.5. The average molecular weight is 577 g/mol. The molecular formula is C35H36N4O4. The molecule has 0 saturated carbocycles. The Bertz CT molecular complexity index is 1750. The number of aromatic nitrogens is 2. The molecule has 2 amide bonds. The molecule has 0 saturated heterocycles. The number of unbranched alkanes of at least 4 members (excludes halogenated alkanes) is 2. The summed E-state index contributed by atoms with van der Waals surface area (Å²) in [5, 5.41) is 7.43. The molecule has 8 nitrogen and oxygen atoms in total. The Balaban J connectivity index is 1.28. The van der Waals surface area contributed by atoms with Crippen LogP contribution in [0.15, 0.2) is 85.1 Å². The van der Waals surface area contributed by atoms with E-state index in [0.717, 1.165) is 39.7 Å². The second-order valence-electron chi connectivity index (χ2n) is 10.8. The predicted molar refractivity (Wildman–Crippen MR) is 169 cm³/mol. The van der Waals surface area contributed by atoms with Gasteiger partial charge in [-0.05, 0) is 49.4 Å². The molecule has 0 unspecified atom stereocenters. The maximum atomic E-state index is 13.4. The standard InChI is InChI=1S/C35H36N4O4/c1-23(40)12-4-2-7-19-31(39-35(43)33(41)28-22-37-29-17-10-8-16-26(28)29)34(42)36-21-20-27-25-15-9-11-18-30(25)38-32(27)24-13-5-3-6-14-24/h3,5-6,8-11,13-18,22,31,37-38H,2,4,7,12,19-21H2,1H3,(H,36,42)(H,39,43)/t31-/m0/s1. The van der Waals surface area contributed by atoms with Crippen LogP contribution in [0, 0.1) is 0 Å². The molecule has 0 fully saturated rings. The largest absolute Gasteiger partial charge is 0.360 e. The summed E-state index contributed by atoms with van der Waals surface area (Å²) in [5.41, 5.74) is 5.21. The van der Waals surface area contributed by atoms with Gasteiger partial charge in [0.2, 0.25) is 5.91 Å². The van der Waals surface area contributed by atoms with Crippen LogP contribution in [0.2, 0.25) is 0 Å². The van der Waals surface area contributed by atoms with Gasteiger partial charge in [0.25, 0.3) is 11.7 Å². The zero-order valence-corrected chi connectivity index (χ0v) is 24.2. The fourth-order valence-corrected chi connectivity index (χ4v) is 5.52. The van der Waals surface area contributed by atoms with Crippen molar-refractivity contribution in [1.82, 2.24) is 20.6 Å². The maximum absolute atomic E-state index is 13.4. The van der Waals surface area contributed by atoms with Crippen molar-refractivity contribution in [2.75, 3.05) is 6.54 Å². The van der Waals surface area contributed by atoms with E-state index in [1.54, 1.807) is 19.1 Å². The van der Waals surface area contributed by atoms with E-state index in [4.69, 9.17) is 0 Å². The molecule has 5 rings (SSSR count). The molecule has 0 aliphatic heterocycles. The number of aromatic amines is 2. The van der Waals surface area contributed by atoms with Gasteiger partial charge in [-0.25, -0.2) is 0 Å². The highest BCUT2D eigenvalue weighted by atomic mass is 16.2. The summed E-state index contributed by atoms with van der Waals surface area (Å²) in [4.78, 5) is 57.4. The number of amides is 2. The number of hydrogen-bond acceptors (Lipinski definition) is 4. The number of carbonyl (C=O) groups excluding carboxylic acids is 4. The lowest BCUT2D eigenvalue weighted by atomic mass is 10.0. The topological polar surface area (TPSA) is 124 Å². The molecule has 1 atom stereocenters. The van der Waals surface area contributed by atoms with E-state index in [-0.39, 0.29) is 17.3 Å². The lowest BCUT2D eigenvalue weighted by Gasteiger charge is -2.18. The van der Waals surface area contributed by atoms with Gasteiger partial charge in [-0.2, -0.15) is 0 Å². The summed E-state index contributed by atoms with van der Waals surface area (Å²) >= 11 is 0. The van der Waals surface area contributed by atoms with Crippen LogP contribution >= 0.6 is 0 Å². The molecule has 3 aromatic carbocycles. The van der Waals surface area contributed by atoms with Crippen molar-refractivity contribution in [3.8, 4) is 11.3 Å². The lowest BCUT2D eigenvalue weighted by molar-refractivity contribution is -0.127. The third-order valence-corrected chi connectivity index (χ3v) is 7.73. The van der Waals surface area contributed by atoms with Crippen molar-refractivity contribution in [2.45, 2.75) is 51.5 Å². The van der Waals surface area contributed by atoms with Crippen molar-refractivity contribution in [1.29, 1.82) is 0 Å². The minimum atomic E-state index is -0.879. The summed E-state index contributed by atoms with van der Waals surface area (Å²) in [6.07, 6.45) is 5.03. The molecular weight excluding hydrogens is 540 g/mol. The first-order valence-electron chi connectivity index (χ1n) is 14.8. The fourth-order valence-electron chi connectivity index (χ4n) is 5.52. The Kier molecular flexibility index (Phi) is 9.46. The van der Waals surface area contributed by atoms with Crippen molar-refractivity contribution in [3.63, 3.8) is 0 Å². The highest BCUT2D eigenvalue weighted by molar-refractivity contribution is 6.45. The molecule has 0 spiro atoms. The third-order valence-electron chi connectivity index (χ3n) is 7.73. The Hall–Kier alpha value is -4.98. The van der Waals surface area contributed by atoms with Gasteiger partial charge in [0, 0.05) is 46.7 Å². The molecule has 2 heterocycles. The van der Waals surface area contributed by atoms with Crippen molar-refractivity contribution >= 4 is 45.2 Å². The van der Waals surface area contributed by atoms with Crippen LogP contribution in [-0.2, 0) is 20.8 Å². The van der Waals surface area contributed by atoms with Crippen LogP contribution in [0.5, 0.6) is 0 Å². The first-order chi connectivity index (χ1) is 20.9. The zero-order chi connectivity index (χ0) is 30.2. The Morgan fingerprint density at radius 3 is 2.26 bits per heavy atom. The molecule has 220 valence electrons. The minimum absolute atomic E-state index is 0.124. The zero-order valence-electron chi connectivity index (χ0n) is 24.2.